The summed E-state index contributed by atoms with van der Waals surface area (Å²) >= 11 is 0. The molecule has 35 heavy (non-hydrogen) atoms. The lowest BCUT2D eigenvalue weighted by atomic mass is 10.0. The molecule has 2 aromatic carbocycles. The number of methoxy groups -OCH3 is 3. The zero-order valence-electron chi connectivity index (χ0n) is 22.0. The highest BCUT2D eigenvalue weighted by Crippen LogP contribution is 2.41. The molecule has 0 heterocycles. The van der Waals surface area contributed by atoms with E-state index in [9.17, 15) is 5.11 Å². The van der Waals surface area contributed by atoms with Gasteiger partial charge in [0.15, 0.2) is 23.0 Å². The molecule has 0 bridgehead atoms. The predicted octanol–water partition coefficient (Wildman–Crippen LogP) is 7.03. The molecule has 0 aliphatic heterocycles. The van der Waals surface area contributed by atoms with Crippen molar-refractivity contribution in [3.8, 4) is 28.7 Å². The van der Waals surface area contributed by atoms with Crippen LogP contribution in [0.5, 0.6) is 28.7 Å². The Morgan fingerprint density at radius 2 is 1.51 bits per heavy atom. The van der Waals surface area contributed by atoms with Gasteiger partial charge in [-0.25, -0.2) is 0 Å². The van der Waals surface area contributed by atoms with E-state index in [0.717, 1.165) is 24.0 Å². The van der Waals surface area contributed by atoms with Crippen LogP contribution in [-0.4, -0.2) is 39.1 Å². The zero-order valence-corrected chi connectivity index (χ0v) is 22.0. The maximum atomic E-state index is 10.1. The van der Waals surface area contributed by atoms with Crippen molar-refractivity contribution in [2.24, 2.45) is 0 Å². The van der Waals surface area contributed by atoms with E-state index in [0.29, 0.717) is 36.0 Å². The molecule has 2 rings (SSSR count). The molecule has 194 valence electrons. The van der Waals surface area contributed by atoms with Crippen molar-refractivity contribution in [1.82, 2.24) is 0 Å². The minimum atomic E-state index is -0.387. The minimum Gasteiger partial charge on any atom is -0.504 e. The van der Waals surface area contributed by atoms with Gasteiger partial charge in [0.25, 0.3) is 0 Å². The summed E-state index contributed by atoms with van der Waals surface area (Å²) in [5, 5.41) is 10.1. The maximum Gasteiger partial charge on any atom is 0.203 e. The third-order valence-electron chi connectivity index (χ3n) is 5.96. The number of phenolic OH excluding ortho intramolecular Hbond substituents is 1. The first-order valence-corrected chi connectivity index (χ1v) is 12.5. The Labute approximate surface area is 210 Å². The number of unbranched alkanes of at least 4 members (excludes halogenated alkanes) is 5. The van der Waals surface area contributed by atoms with Crippen molar-refractivity contribution < 1.29 is 28.8 Å². The Balaban J connectivity index is 2.26. The summed E-state index contributed by atoms with van der Waals surface area (Å²) in [6, 6.07) is 9.12. The van der Waals surface area contributed by atoms with Crippen molar-refractivity contribution in [2.45, 2.75) is 71.0 Å². The molecule has 0 aliphatic carbocycles. The molecule has 0 amide bonds. The van der Waals surface area contributed by atoms with E-state index < -0.39 is 0 Å². The normalized spacial score (nSPS) is 12.6. The monoisotopic (exact) mass is 486 g/mol. The summed E-state index contributed by atoms with van der Waals surface area (Å²) in [4.78, 5) is 0. The van der Waals surface area contributed by atoms with E-state index in [1.54, 1.807) is 26.4 Å². The van der Waals surface area contributed by atoms with E-state index in [-0.39, 0.29) is 18.0 Å². The van der Waals surface area contributed by atoms with Gasteiger partial charge in [-0.15, -0.1) is 6.58 Å². The van der Waals surface area contributed by atoms with Crippen molar-refractivity contribution >= 4 is 0 Å². The quantitative estimate of drug-likeness (QED) is 0.191. The van der Waals surface area contributed by atoms with E-state index in [2.05, 4.69) is 13.5 Å². The average Bonchev–Trinajstić information content (AvgIpc) is 2.86. The van der Waals surface area contributed by atoms with E-state index >= 15 is 0 Å². The predicted molar refractivity (Wildman–Crippen MR) is 140 cm³/mol. The molecule has 0 radical (unpaired) electrons. The van der Waals surface area contributed by atoms with Gasteiger partial charge in [-0.1, -0.05) is 51.2 Å². The fourth-order valence-electron chi connectivity index (χ4n) is 4.05. The first-order chi connectivity index (χ1) is 17.0. The third kappa shape index (κ3) is 8.39. The first kappa shape index (κ1) is 28.4. The van der Waals surface area contributed by atoms with Crippen LogP contribution in [0.15, 0.2) is 43.0 Å². The molecule has 2 aromatic rings. The van der Waals surface area contributed by atoms with Crippen LogP contribution in [-0.2, 0) is 11.2 Å². The van der Waals surface area contributed by atoms with Crippen LogP contribution in [0.2, 0.25) is 0 Å². The molecule has 6 nitrogen and oxygen atoms in total. The second kappa shape index (κ2) is 15.2. The SMILES string of the molecule is C=CCc1cc(OC)c(OC(C)C(OCCCCCCCC)c2ccc(O)c(OC)c2)c(OC)c1. The van der Waals surface area contributed by atoms with Crippen LogP contribution in [0.4, 0.5) is 0 Å². The Morgan fingerprint density at radius 1 is 0.886 bits per heavy atom. The van der Waals surface area contributed by atoms with Gasteiger partial charge in [-0.2, -0.15) is 0 Å². The van der Waals surface area contributed by atoms with Crippen molar-refractivity contribution in [3.63, 3.8) is 0 Å². The summed E-state index contributed by atoms with van der Waals surface area (Å²) in [5.74, 6) is 2.18. The summed E-state index contributed by atoms with van der Waals surface area (Å²) < 4.78 is 29.4. The van der Waals surface area contributed by atoms with Crippen LogP contribution < -0.4 is 18.9 Å². The number of phenols is 1. The largest absolute Gasteiger partial charge is 0.504 e. The number of hydrogen-bond acceptors (Lipinski definition) is 6. The van der Waals surface area contributed by atoms with Crippen LogP contribution >= 0.6 is 0 Å². The molecule has 0 aromatic heterocycles. The molecular weight excluding hydrogens is 444 g/mol. The van der Waals surface area contributed by atoms with Gasteiger partial charge in [0.2, 0.25) is 5.75 Å². The number of rotatable bonds is 17. The van der Waals surface area contributed by atoms with Gasteiger partial charge >= 0.3 is 0 Å². The van der Waals surface area contributed by atoms with Crippen molar-refractivity contribution in [1.29, 1.82) is 0 Å². The Kier molecular flexibility index (Phi) is 12.3. The molecule has 2 atom stereocenters. The summed E-state index contributed by atoms with van der Waals surface area (Å²) in [6.07, 6.45) is 8.86. The highest BCUT2D eigenvalue weighted by molar-refractivity contribution is 5.54. The molecule has 0 saturated carbocycles. The lowest BCUT2D eigenvalue weighted by molar-refractivity contribution is -0.0234. The van der Waals surface area contributed by atoms with Gasteiger partial charge < -0.3 is 28.8 Å². The van der Waals surface area contributed by atoms with Crippen molar-refractivity contribution in [2.75, 3.05) is 27.9 Å². The smallest absolute Gasteiger partial charge is 0.203 e. The van der Waals surface area contributed by atoms with Crippen LogP contribution in [0.25, 0.3) is 0 Å². The standard InChI is InChI=1S/C29H42O6/c1-7-9-10-11-12-13-17-34-28(23-15-16-24(30)25(20-23)31-4)21(3)35-29-26(32-5)18-22(14-8-2)19-27(29)33-6/h8,15-16,18-21,28,30H,2,7,9-14,17H2,1,3-6H3. The molecule has 1 N–H and O–H groups in total. The Bertz CT molecular complexity index is 885. The number of benzene rings is 2. The van der Waals surface area contributed by atoms with Crippen LogP contribution in [0.3, 0.4) is 0 Å². The fraction of sp³-hybridized carbons (Fsp3) is 0.517. The molecule has 2 unspecified atom stereocenters. The summed E-state index contributed by atoms with van der Waals surface area (Å²) in [5.41, 5.74) is 1.88. The van der Waals surface area contributed by atoms with Gasteiger partial charge in [0.1, 0.15) is 12.2 Å². The van der Waals surface area contributed by atoms with Crippen LogP contribution in [0, 0.1) is 0 Å². The molecule has 0 aliphatic rings. The lowest BCUT2D eigenvalue weighted by Gasteiger charge is -2.27. The number of ether oxygens (including phenoxy) is 5. The van der Waals surface area contributed by atoms with Crippen molar-refractivity contribution in [3.05, 3.63) is 54.1 Å². The Morgan fingerprint density at radius 3 is 2.11 bits per heavy atom. The molecule has 6 heteroatoms. The average molecular weight is 487 g/mol. The molecular formula is C29H42O6. The fourth-order valence-corrected chi connectivity index (χ4v) is 4.05. The second-order valence-electron chi connectivity index (χ2n) is 8.64. The first-order valence-electron chi connectivity index (χ1n) is 12.5. The van der Waals surface area contributed by atoms with E-state index in [1.165, 1.54) is 32.8 Å². The van der Waals surface area contributed by atoms with E-state index in [4.69, 9.17) is 23.7 Å². The second-order valence-corrected chi connectivity index (χ2v) is 8.64. The third-order valence-corrected chi connectivity index (χ3v) is 5.96. The van der Waals surface area contributed by atoms with E-state index in [1.807, 2.05) is 31.2 Å². The minimum absolute atomic E-state index is 0.0839. The van der Waals surface area contributed by atoms with Gasteiger partial charge in [0.05, 0.1) is 21.3 Å². The highest BCUT2D eigenvalue weighted by Gasteiger charge is 2.26. The zero-order chi connectivity index (χ0) is 25.6. The topological polar surface area (TPSA) is 66.4 Å². The van der Waals surface area contributed by atoms with Gasteiger partial charge in [-0.3, -0.25) is 0 Å². The number of aromatic hydroxyl groups is 1. The van der Waals surface area contributed by atoms with Gasteiger partial charge in [0, 0.05) is 6.61 Å². The molecule has 0 spiro atoms. The lowest BCUT2D eigenvalue weighted by Crippen LogP contribution is -2.25. The molecule has 0 saturated heterocycles. The molecule has 0 fully saturated rings. The summed E-state index contributed by atoms with van der Waals surface area (Å²) in [7, 11) is 4.76. The van der Waals surface area contributed by atoms with Gasteiger partial charge in [-0.05, 0) is 55.2 Å². The maximum absolute atomic E-state index is 10.1. The number of allylic oxidation sites excluding steroid dienone is 1. The summed E-state index contributed by atoms with van der Waals surface area (Å²) in [6.45, 7) is 8.61. The highest BCUT2D eigenvalue weighted by atomic mass is 16.6. The number of hydrogen-bond donors (Lipinski definition) is 1. The Hall–Kier alpha value is -2.86. The van der Waals surface area contributed by atoms with Crippen LogP contribution in [0.1, 0.15) is 69.6 Å².